The Labute approximate surface area is 379 Å². The zero-order chi connectivity index (χ0) is 43.1. The third-order valence-electron chi connectivity index (χ3n) is 14.4. The maximum Gasteiger partial charge on any atom is 0.159 e. The van der Waals surface area contributed by atoms with Gasteiger partial charge in [-0.15, -0.1) is 0 Å². The molecule has 2 aliphatic carbocycles. The van der Waals surface area contributed by atoms with Crippen LogP contribution in [-0.4, -0.2) is 0 Å². The van der Waals surface area contributed by atoms with Crippen molar-refractivity contribution in [1.29, 1.82) is 0 Å². The first-order valence-electron chi connectivity index (χ1n) is 22.6. The number of hydrogen-bond acceptors (Lipinski definition) is 2. The molecule has 306 valence electrons. The van der Waals surface area contributed by atoms with Crippen LogP contribution in [-0.2, 0) is 10.8 Å². The van der Waals surface area contributed by atoms with Crippen molar-refractivity contribution >= 4 is 39.0 Å². The first-order valence-corrected chi connectivity index (χ1v) is 22.6. The summed E-state index contributed by atoms with van der Waals surface area (Å²) in [4.78, 5) is 2.43. The predicted octanol–water partition coefficient (Wildman–Crippen LogP) is 16.4. The Morgan fingerprint density at radius 3 is 1.65 bits per heavy atom. The number of fused-ring (bicyclic) bond motifs is 9. The minimum Gasteiger partial charge on any atom is -0.454 e. The zero-order valence-corrected chi connectivity index (χ0v) is 35.9. The molecule has 10 aromatic carbocycles. The smallest absolute Gasteiger partial charge is 0.159 e. The van der Waals surface area contributed by atoms with Crippen LogP contribution < -0.4 is 4.90 Å². The van der Waals surface area contributed by atoms with Gasteiger partial charge in [-0.2, -0.15) is 0 Å². The fraction of sp³-hybridized carbons (Fsp3) is 0.0476. The van der Waals surface area contributed by atoms with Crippen molar-refractivity contribution in [3.05, 3.63) is 282 Å². The SMILES string of the molecule is CC1(c2ccccc2)c2ccccc2-c2c(N(c3ccc(-c4ccc5c(c4)C(c4ccccc4)(c4ccccc4)c4ccccc4-5)cc3)c3cccc4c3oc3ccccc34)cccc21. The molecule has 0 N–H and O–H groups in total. The lowest BCUT2D eigenvalue weighted by Gasteiger charge is -2.34. The maximum absolute atomic E-state index is 6.82. The number of furan rings is 1. The molecule has 1 aromatic heterocycles. The van der Waals surface area contributed by atoms with Gasteiger partial charge in [-0.25, -0.2) is 0 Å². The van der Waals surface area contributed by atoms with E-state index in [1.807, 2.05) is 6.07 Å². The van der Waals surface area contributed by atoms with E-state index in [0.717, 1.165) is 44.6 Å². The Balaban J connectivity index is 1.01. The van der Waals surface area contributed by atoms with Crippen molar-refractivity contribution in [3.8, 4) is 33.4 Å². The molecule has 0 radical (unpaired) electrons. The van der Waals surface area contributed by atoms with Gasteiger partial charge in [0.2, 0.25) is 0 Å². The molecular formula is C63H43NO. The molecule has 65 heavy (non-hydrogen) atoms. The fourth-order valence-electron chi connectivity index (χ4n) is 11.5. The second-order valence-electron chi connectivity index (χ2n) is 17.7. The standard InChI is InChI=1S/C63H43NO/c1-62(44-19-5-2-6-20-44)53-29-14-12-27-52(53)60-55(62)31-18-32-57(60)64(58-33-17-28-51-50-26-13-16-34-59(50)65-61(51)58)47-38-35-42(36-39-47)43-37-40-49-48-25-11-15-30-54(48)63(56(49)41-43,45-21-7-3-8-22-45)46-23-9-4-10-24-46/h2-41H,1H3. The number of hydrogen-bond donors (Lipinski definition) is 0. The second-order valence-corrected chi connectivity index (χ2v) is 17.7. The molecule has 0 amide bonds. The summed E-state index contributed by atoms with van der Waals surface area (Å²) >= 11 is 0. The van der Waals surface area contributed by atoms with Gasteiger partial charge in [-0.1, -0.05) is 206 Å². The Morgan fingerprint density at radius 1 is 0.369 bits per heavy atom. The number of anilines is 3. The van der Waals surface area contributed by atoms with Crippen LogP contribution in [0.4, 0.5) is 17.1 Å². The van der Waals surface area contributed by atoms with E-state index in [1.165, 1.54) is 66.8 Å². The van der Waals surface area contributed by atoms with Gasteiger partial charge in [0.1, 0.15) is 5.58 Å². The molecule has 0 saturated carbocycles. The Bertz CT molecular complexity index is 3570. The quantitative estimate of drug-likeness (QED) is 0.159. The van der Waals surface area contributed by atoms with Gasteiger partial charge in [0.25, 0.3) is 0 Å². The van der Waals surface area contributed by atoms with E-state index in [-0.39, 0.29) is 5.41 Å². The van der Waals surface area contributed by atoms with Crippen molar-refractivity contribution in [2.24, 2.45) is 0 Å². The lowest BCUT2D eigenvalue weighted by molar-refractivity contribution is 0.669. The van der Waals surface area contributed by atoms with Crippen LogP contribution in [0, 0.1) is 0 Å². The maximum atomic E-state index is 6.82. The molecular weight excluding hydrogens is 787 g/mol. The molecule has 11 aromatic rings. The van der Waals surface area contributed by atoms with Gasteiger partial charge in [-0.05, 0) is 110 Å². The summed E-state index contributed by atoms with van der Waals surface area (Å²) in [5.74, 6) is 0. The molecule has 2 nitrogen and oxygen atoms in total. The molecule has 0 spiro atoms. The van der Waals surface area contributed by atoms with Crippen molar-refractivity contribution in [3.63, 3.8) is 0 Å². The highest BCUT2D eigenvalue weighted by atomic mass is 16.3. The van der Waals surface area contributed by atoms with Crippen LogP contribution in [0.15, 0.2) is 247 Å². The largest absolute Gasteiger partial charge is 0.454 e. The third-order valence-corrected chi connectivity index (χ3v) is 14.4. The molecule has 2 heteroatoms. The minimum atomic E-state index is -0.468. The zero-order valence-electron chi connectivity index (χ0n) is 35.9. The lowest BCUT2D eigenvalue weighted by atomic mass is 9.67. The fourth-order valence-corrected chi connectivity index (χ4v) is 11.5. The Morgan fingerprint density at radius 2 is 0.908 bits per heavy atom. The molecule has 0 saturated heterocycles. The summed E-state index contributed by atoms with van der Waals surface area (Å²) in [5, 5.41) is 2.21. The van der Waals surface area contributed by atoms with Gasteiger partial charge in [0.05, 0.1) is 16.8 Å². The molecule has 0 aliphatic heterocycles. The number of rotatable bonds is 7. The van der Waals surface area contributed by atoms with E-state index in [4.69, 9.17) is 4.42 Å². The van der Waals surface area contributed by atoms with Crippen LogP contribution in [0.25, 0.3) is 55.3 Å². The highest BCUT2D eigenvalue weighted by Gasteiger charge is 2.46. The summed E-state index contributed by atoms with van der Waals surface area (Å²) in [5.41, 5.74) is 20.5. The summed E-state index contributed by atoms with van der Waals surface area (Å²) in [6.45, 7) is 2.38. The van der Waals surface area contributed by atoms with E-state index in [1.54, 1.807) is 0 Å². The highest BCUT2D eigenvalue weighted by Crippen LogP contribution is 2.59. The van der Waals surface area contributed by atoms with Crippen molar-refractivity contribution < 1.29 is 4.42 Å². The molecule has 1 heterocycles. The second kappa shape index (κ2) is 14.4. The van der Waals surface area contributed by atoms with E-state index in [9.17, 15) is 0 Å². The predicted molar refractivity (Wildman–Crippen MR) is 269 cm³/mol. The summed E-state index contributed by atoms with van der Waals surface area (Å²) in [6.07, 6.45) is 0. The summed E-state index contributed by atoms with van der Waals surface area (Å²) in [7, 11) is 0. The number of para-hydroxylation sites is 2. The average molecular weight is 830 g/mol. The molecule has 0 bridgehead atoms. The molecule has 0 fully saturated rings. The van der Waals surface area contributed by atoms with E-state index in [0.29, 0.717) is 0 Å². The first-order chi connectivity index (χ1) is 32.1. The molecule has 1 atom stereocenters. The Kier molecular flexibility index (Phi) is 8.29. The lowest BCUT2D eigenvalue weighted by Crippen LogP contribution is -2.28. The van der Waals surface area contributed by atoms with E-state index in [2.05, 4.69) is 248 Å². The van der Waals surface area contributed by atoms with Crippen LogP contribution in [0.3, 0.4) is 0 Å². The van der Waals surface area contributed by atoms with Gasteiger partial charge < -0.3 is 9.32 Å². The van der Waals surface area contributed by atoms with Crippen LogP contribution in [0.5, 0.6) is 0 Å². The van der Waals surface area contributed by atoms with Crippen LogP contribution in [0.1, 0.15) is 45.9 Å². The van der Waals surface area contributed by atoms with Crippen LogP contribution in [0.2, 0.25) is 0 Å². The highest BCUT2D eigenvalue weighted by molar-refractivity contribution is 6.11. The average Bonchev–Trinajstić information content (AvgIpc) is 4.00. The van der Waals surface area contributed by atoms with Crippen LogP contribution >= 0.6 is 0 Å². The number of nitrogens with zero attached hydrogens (tertiary/aromatic N) is 1. The van der Waals surface area contributed by atoms with E-state index < -0.39 is 5.41 Å². The topological polar surface area (TPSA) is 16.4 Å². The minimum absolute atomic E-state index is 0.341. The first kappa shape index (κ1) is 37.4. The number of benzene rings is 10. The van der Waals surface area contributed by atoms with E-state index >= 15 is 0 Å². The molecule has 2 aliphatic rings. The van der Waals surface area contributed by atoms with Crippen molar-refractivity contribution in [2.75, 3.05) is 4.90 Å². The van der Waals surface area contributed by atoms with Gasteiger partial charge in [-0.3, -0.25) is 0 Å². The third kappa shape index (κ3) is 5.35. The van der Waals surface area contributed by atoms with Gasteiger partial charge in [0.15, 0.2) is 5.58 Å². The molecule has 1 unspecified atom stereocenters. The normalized spacial score (nSPS) is 15.3. The van der Waals surface area contributed by atoms with Crippen molar-refractivity contribution in [2.45, 2.75) is 17.8 Å². The monoisotopic (exact) mass is 829 g/mol. The summed E-state index contributed by atoms with van der Waals surface area (Å²) in [6, 6.07) is 89.0. The Hall–Kier alpha value is -8.20. The van der Waals surface area contributed by atoms with Crippen molar-refractivity contribution in [1.82, 2.24) is 0 Å². The van der Waals surface area contributed by atoms with Gasteiger partial charge >= 0.3 is 0 Å². The molecule has 13 rings (SSSR count). The van der Waals surface area contributed by atoms with Gasteiger partial charge in [0, 0.05) is 27.4 Å². The summed E-state index contributed by atoms with van der Waals surface area (Å²) < 4.78 is 6.82.